The summed E-state index contributed by atoms with van der Waals surface area (Å²) in [5.41, 5.74) is 0. The average molecular weight is 192 g/mol. The van der Waals surface area contributed by atoms with Crippen molar-refractivity contribution in [1.29, 1.82) is 0 Å². The number of hydrogen-bond acceptors (Lipinski definition) is 1. The highest BCUT2D eigenvalue weighted by molar-refractivity contribution is 5.04. The van der Waals surface area contributed by atoms with Gasteiger partial charge in [-0.05, 0) is 62.2 Å². The van der Waals surface area contributed by atoms with Gasteiger partial charge in [-0.15, -0.1) is 0 Å². The summed E-state index contributed by atoms with van der Waals surface area (Å²) in [5.74, 6) is 3.04. The molecule has 0 heterocycles. The van der Waals surface area contributed by atoms with Crippen LogP contribution in [0.1, 0.15) is 38.5 Å². The van der Waals surface area contributed by atoms with E-state index in [9.17, 15) is 5.11 Å². The van der Waals surface area contributed by atoms with E-state index in [1.807, 2.05) is 0 Å². The molecule has 2 saturated carbocycles. The summed E-state index contributed by atoms with van der Waals surface area (Å²) in [4.78, 5) is 0. The molecular weight excluding hydrogens is 172 g/mol. The van der Waals surface area contributed by atoms with Gasteiger partial charge in [0.05, 0.1) is 6.10 Å². The van der Waals surface area contributed by atoms with Gasteiger partial charge in [0, 0.05) is 0 Å². The molecule has 2 bridgehead atoms. The van der Waals surface area contributed by atoms with Gasteiger partial charge < -0.3 is 5.11 Å². The van der Waals surface area contributed by atoms with Crippen LogP contribution in [-0.4, -0.2) is 11.2 Å². The molecule has 0 aliphatic heterocycles. The molecule has 14 heavy (non-hydrogen) atoms. The number of fused-ring (bicyclic) bond motifs is 5. The molecule has 78 valence electrons. The molecule has 1 nitrogen and oxygen atoms in total. The monoisotopic (exact) mass is 192 g/mol. The Kier molecular flexibility index (Phi) is 2.16. The fraction of sp³-hybridized carbons (Fsp3) is 0.846. The molecule has 0 radical (unpaired) electrons. The summed E-state index contributed by atoms with van der Waals surface area (Å²) in [6.45, 7) is 0. The van der Waals surface area contributed by atoms with Gasteiger partial charge in [-0.2, -0.15) is 0 Å². The maximum absolute atomic E-state index is 10.1. The van der Waals surface area contributed by atoms with Gasteiger partial charge in [0.25, 0.3) is 0 Å². The molecule has 0 aromatic rings. The first-order chi connectivity index (χ1) is 6.88. The predicted molar refractivity (Wildman–Crippen MR) is 56.8 cm³/mol. The Morgan fingerprint density at radius 2 is 1.21 bits per heavy atom. The highest BCUT2D eigenvalue weighted by atomic mass is 16.3. The Morgan fingerprint density at radius 3 is 1.71 bits per heavy atom. The zero-order valence-electron chi connectivity index (χ0n) is 8.73. The summed E-state index contributed by atoms with van der Waals surface area (Å²) in [6, 6.07) is 0. The number of rotatable bonds is 0. The van der Waals surface area contributed by atoms with Crippen molar-refractivity contribution in [2.45, 2.75) is 44.6 Å². The van der Waals surface area contributed by atoms with Gasteiger partial charge >= 0.3 is 0 Å². The minimum atomic E-state index is 0.0584. The third-order valence-corrected chi connectivity index (χ3v) is 4.86. The molecule has 4 unspecified atom stereocenters. The molecule has 0 aromatic heterocycles. The van der Waals surface area contributed by atoms with Crippen LogP contribution in [-0.2, 0) is 0 Å². The zero-order chi connectivity index (χ0) is 9.54. The lowest BCUT2D eigenvalue weighted by Gasteiger charge is -2.31. The lowest BCUT2D eigenvalue weighted by molar-refractivity contribution is 0.117. The van der Waals surface area contributed by atoms with Crippen LogP contribution in [0.15, 0.2) is 12.2 Å². The van der Waals surface area contributed by atoms with E-state index in [0.29, 0.717) is 11.8 Å². The molecule has 2 fully saturated rings. The Balaban J connectivity index is 1.83. The Bertz CT molecular complexity index is 222. The molecule has 1 N–H and O–H groups in total. The summed E-state index contributed by atoms with van der Waals surface area (Å²) in [6.07, 6.45) is 12.5. The van der Waals surface area contributed by atoms with Crippen molar-refractivity contribution in [3.63, 3.8) is 0 Å². The molecule has 0 spiro atoms. The summed E-state index contributed by atoms with van der Waals surface area (Å²) in [7, 11) is 0. The van der Waals surface area contributed by atoms with E-state index >= 15 is 0 Å². The van der Waals surface area contributed by atoms with Crippen LogP contribution in [0.25, 0.3) is 0 Å². The van der Waals surface area contributed by atoms with E-state index in [2.05, 4.69) is 12.2 Å². The van der Waals surface area contributed by atoms with Crippen LogP contribution in [0.4, 0.5) is 0 Å². The molecule has 0 saturated heterocycles. The first-order valence-corrected chi connectivity index (χ1v) is 6.21. The minimum absolute atomic E-state index is 0.0584. The zero-order valence-corrected chi connectivity index (χ0v) is 8.73. The topological polar surface area (TPSA) is 20.2 Å². The summed E-state index contributed by atoms with van der Waals surface area (Å²) >= 11 is 0. The third kappa shape index (κ3) is 1.18. The normalized spacial score (nSPS) is 51.4. The molecular formula is C13H20O. The van der Waals surface area contributed by atoms with Gasteiger partial charge in [0.1, 0.15) is 0 Å². The first kappa shape index (κ1) is 8.96. The quantitative estimate of drug-likeness (QED) is 0.585. The molecule has 1 heteroatoms. The van der Waals surface area contributed by atoms with Gasteiger partial charge in [-0.1, -0.05) is 12.2 Å². The van der Waals surface area contributed by atoms with Crippen molar-refractivity contribution < 1.29 is 5.11 Å². The molecule has 3 aliphatic carbocycles. The summed E-state index contributed by atoms with van der Waals surface area (Å²) in [5, 5.41) is 10.1. The number of aliphatic hydroxyl groups is 1. The van der Waals surface area contributed by atoms with E-state index in [4.69, 9.17) is 0 Å². The van der Waals surface area contributed by atoms with Crippen molar-refractivity contribution in [3.8, 4) is 0 Å². The van der Waals surface area contributed by atoms with Crippen molar-refractivity contribution in [1.82, 2.24) is 0 Å². The highest BCUT2D eigenvalue weighted by Crippen LogP contribution is 2.55. The molecule has 0 aromatic carbocycles. The SMILES string of the molecule is OC1C2CCC1C1CCC=CCCC21. The highest BCUT2D eigenvalue weighted by Gasteiger charge is 2.52. The van der Waals surface area contributed by atoms with Gasteiger partial charge in [-0.25, -0.2) is 0 Å². The van der Waals surface area contributed by atoms with Gasteiger partial charge in [0.2, 0.25) is 0 Å². The van der Waals surface area contributed by atoms with Crippen LogP contribution in [0, 0.1) is 23.7 Å². The number of hydrogen-bond donors (Lipinski definition) is 1. The van der Waals surface area contributed by atoms with Crippen molar-refractivity contribution in [3.05, 3.63) is 12.2 Å². The average Bonchev–Trinajstić information content (AvgIpc) is 2.59. The van der Waals surface area contributed by atoms with Crippen molar-refractivity contribution in [2.75, 3.05) is 0 Å². The maximum Gasteiger partial charge on any atom is 0.0602 e. The second kappa shape index (κ2) is 3.37. The molecule has 3 aliphatic rings. The molecule has 0 amide bonds. The lowest BCUT2D eigenvalue weighted by atomic mass is 9.74. The fourth-order valence-corrected chi connectivity index (χ4v) is 4.28. The Morgan fingerprint density at radius 1 is 0.714 bits per heavy atom. The van der Waals surface area contributed by atoms with Gasteiger partial charge in [0.15, 0.2) is 0 Å². The molecule has 4 atom stereocenters. The summed E-state index contributed by atoms with van der Waals surface area (Å²) < 4.78 is 0. The van der Waals surface area contributed by atoms with E-state index in [1.165, 1.54) is 38.5 Å². The second-order valence-corrected chi connectivity index (χ2v) is 5.35. The van der Waals surface area contributed by atoms with E-state index in [1.54, 1.807) is 0 Å². The van der Waals surface area contributed by atoms with E-state index < -0.39 is 0 Å². The Hall–Kier alpha value is -0.300. The van der Waals surface area contributed by atoms with Gasteiger partial charge in [-0.3, -0.25) is 0 Å². The largest absolute Gasteiger partial charge is 0.393 e. The number of aliphatic hydroxyl groups excluding tert-OH is 1. The van der Waals surface area contributed by atoms with Crippen LogP contribution in [0.2, 0.25) is 0 Å². The first-order valence-electron chi connectivity index (χ1n) is 6.21. The smallest absolute Gasteiger partial charge is 0.0602 e. The predicted octanol–water partition coefficient (Wildman–Crippen LogP) is 2.75. The van der Waals surface area contributed by atoms with E-state index in [0.717, 1.165) is 11.8 Å². The van der Waals surface area contributed by atoms with Crippen molar-refractivity contribution >= 4 is 0 Å². The van der Waals surface area contributed by atoms with E-state index in [-0.39, 0.29) is 6.10 Å². The fourth-order valence-electron chi connectivity index (χ4n) is 4.28. The van der Waals surface area contributed by atoms with Crippen molar-refractivity contribution in [2.24, 2.45) is 23.7 Å². The minimum Gasteiger partial charge on any atom is -0.393 e. The van der Waals surface area contributed by atoms with Crippen LogP contribution in [0.3, 0.4) is 0 Å². The second-order valence-electron chi connectivity index (χ2n) is 5.35. The standard InChI is InChI=1S/C13H20O/c14-13-11-7-8-12(13)10-6-4-2-1-3-5-9(10)11/h1-2,9-14H,3-8H2. The number of allylic oxidation sites excluding steroid dienone is 2. The van der Waals surface area contributed by atoms with Crippen LogP contribution >= 0.6 is 0 Å². The third-order valence-electron chi connectivity index (χ3n) is 4.86. The Labute approximate surface area is 86.2 Å². The lowest BCUT2D eigenvalue weighted by Crippen LogP contribution is -2.22. The molecule has 3 rings (SSSR count). The van der Waals surface area contributed by atoms with Crippen LogP contribution < -0.4 is 0 Å². The van der Waals surface area contributed by atoms with Crippen LogP contribution in [0.5, 0.6) is 0 Å². The maximum atomic E-state index is 10.1.